The van der Waals surface area contributed by atoms with Crippen molar-refractivity contribution < 1.29 is 14.2 Å². The topological polar surface area (TPSA) is 39.7 Å². The maximum atomic E-state index is 6.32. The second kappa shape index (κ2) is 7.14. The molecule has 0 saturated carbocycles. The normalized spacial score (nSPS) is 23.8. The monoisotopic (exact) mass is 291 g/mol. The molecule has 3 rings (SSSR count). The molecule has 1 aromatic rings. The molecule has 2 fully saturated rings. The van der Waals surface area contributed by atoms with Gasteiger partial charge in [-0.05, 0) is 25.5 Å². The van der Waals surface area contributed by atoms with E-state index in [1.54, 1.807) is 7.11 Å². The van der Waals surface area contributed by atoms with Crippen LogP contribution in [0.15, 0.2) is 18.2 Å². The largest absolute Gasteiger partial charge is 0.493 e. The van der Waals surface area contributed by atoms with Crippen molar-refractivity contribution >= 4 is 0 Å². The zero-order valence-electron chi connectivity index (χ0n) is 12.8. The Labute approximate surface area is 126 Å². The highest BCUT2D eigenvalue weighted by Crippen LogP contribution is 2.38. The van der Waals surface area contributed by atoms with Crippen molar-refractivity contribution in [1.29, 1.82) is 0 Å². The van der Waals surface area contributed by atoms with Gasteiger partial charge >= 0.3 is 0 Å². The molecule has 116 valence electrons. The summed E-state index contributed by atoms with van der Waals surface area (Å²) < 4.78 is 17.3. The molecule has 2 aliphatic heterocycles. The van der Waals surface area contributed by atoms with Crippen LogP contribution in [0.1, 0.15) is 43.7 Å². The summed E-state index contributed by atoms with van der Waals surface area (Å²) in [6, 6.07) is 6.59. The molecular formula is C17H25NO3. The fraction of sp³-hybridized carbons (Fsp3) is 0.647. The van der Waals surface area contributed by atoms with Crippen molar-refractivity contribution in [1.82, 2.24) is 5.32 Å². The molecule has 0 amide bonds. The Bertz CT molecular complexity index is 451. The average molecular weight is 291 g/mol. The standard InChI is InChI=1S/C17H25NO3/c1-19-16-7-4-5-14(15-6-2-3-10-18-15)17(16)21-13-8-11-20-12-9-13/h4-5,7,13,15,18H,2-3,6,8-12H2,1H3. The molecule has 1 atom stereocenters. The van der Waals surface area contributed by atoms with E-state index < -0.39 is 0 Å². The molecule has 0 bridgehead atoms. The van der Waals surface area contributed by atoms with E-state index in [9.17, 15) is 0 Å². The molecule has 2 saturated heterocycles. The summed E-state index contributed by atoms with van der Waals surface area (Å²) in [5.74, 6) is 1.76. The van der Waals surface area contributed by atoms with Gasteiger partial charge in [0.05, 0.1) is 20.3 Å². The lowest BCUT2D eigenvalue weighted by molar-refractivity contribution is 0.0238. The van der Waals surface area contributed by atoms with Crippen molar-refractivity contribution in [3.05, 3.63) is 23.8 Å². The van der Waals surface area contributed by atoms with Crippen LogP contribution in [-0.2, 0) is 4.74 Å². The molecule has 21 heavy (non-hydrogen) atoms. The van der Waals surface area contributed by atoms with Crippen LogP contribution in [0.25, 0.3) is 0 Å². The van der Waals surface area contributed by atoms with Gasteiger partial charge in [0.1, 0.15) is 6.10 Å². The van der Waals surface area contributed by atoms with Gasteiger partial charge in [0.25, 0.3) is 0 Å². The summed E-state index contributed by atoms with van der Waals surface area (Å²) >= 11 is 0. The third-order valence-electron chi connectivity index (χ3n) is 4.37. The van der Waals surface area contributed by atoms with E-state index in [1.165, 1.54) is 18.4 Å². The number of ether oxygens (including phenoxy) is 3. The van der Waals surface area contributed by atoms with Gasteiger partial charge in [0, 0.05) is 24.4 Å². The molecule has 1 aromatic carbocycles. The Morgan fingerprint density at radius 2 is 2.00 bits per heavy atom. The molecule has 2 aliphatic rings. The summed E-state index contributed by atoms with van der Waals surface area (Å²) in [5, 5.41) is 3.60. The van der Waals surface area contributed by atoms with Gasteiger partial charge in [-0.3, -0.25) is 0 Å². The fourth-order valence-corrected chi connectivity index (χ4v) is 3.17. The minimum absolute atomic E-state index is 0.234. The predicted octanol–water partition coefficient (Wildman–Crippen LogP) is 3.07. The van der Waals surface area contributed by atoms with E-state index in [4.69, 9.17) is 14.2 Å². The molecule has 1 unspecified atom stereocenters. The average Bonchev–Trinajstić information content (AvgIpc) is 2.57. The summed E-state index contributed by atoms with van der Waals surface area (Å²) in [6.07, 6.45) is 5.84. The van der Waals surface area contributed by atoms with Gasteiger partial charge < -0.3 is 19.5 Å². The van der Waals surface area contributed by atoms with Gasteiger partial charge in [-0.25, -0.2) is 0 Å². The summed E-state index contributed by atoms with van der Waals surface area (Å²) in [7, 11) is 1.71. The van der Waals surface area contributed by atoms with Crippen molar-refractivity contribution in [2.45, 2.75) is 44.2 Å². The predicted molar refractivity (Wildman–Crippen MR) is 82.1 cm³/mol. The minimum Gasteiger partial charge on any atom is -0.493 e. The molecule has 0 aliphatic carbocycles. The smallest absolute Gasteiger partial charge is 0.166 e. The van der Waals surface area contributed by atoms with Gasteiger partial charge in [0.2, 0.25) is 0 Å². The van der Waals surface area contributed by atoms with Gasteiger partial charge in [-0.2, -0.15) is 0 Å². The molecule has 1 N–H and O–H groups in total. The van der Waals surface area contributed by atoms with Crippen molar-refractivity contribution in [3.8, 4) is 11.5 Å². The number of piperidine rings is 1. The third kappa shape index (κ3) is 3.50. The van der Waals surface area contributed by atoms with Crippen molar-refractivity contribution in [2.75, 3.05) is 26.9 Å². The number of nitrogens with one attached hydrogen (secondary N) is 1. The summed E-state index contributed by atoms with van der Waals surface area (Å²) in [4.78, 5) is 0. The number of rotatable bonds is 4. The second-order valence-electron chi connectivity index (χ2n) is 5.81. The number of para-hydroxylation sites is 1. The fourth-order valence-electron chi connectivity index (χ4n) is 3.17. The quantitative estimate of drug-likeness (QED) is 0.925. The second-order valence-corrected chi connectivity index (χ2v) is 5.81. The molecule has 2 heterocycles. The Morgan fingerprint density at radius 3 is 2.71 bits per heavy atom. The molecule has 4 nitrogen and oxygen atoms in total. The number of hydrogen-bond acceptors (Lipinski definition) is 4. The van der Waals surface area contributed by atoms with Crippen LogP contribution < -0.4 is 14.8 Å². The van der Waals surface area contributed by atoms with E-state index in [0.29, 0.717) is 6.04 Å². The SMILES string of the molecule is COc1cccc(C2CCCCN2)c1OC1CCOCC1. The van der Waals surface area contributed by atoms with Crippen LogP contribution in [0.5, 0.6) is 11.5 Å². The van der Waals surface area contributed by atoms with Crippen LogP contribution in [-0.4, -0.2) is 33.0 Å². The van der Waals surface area contributed by atoms with Crippen molar-refractivity contribution in [2.24, 2.45) is 0 Å². The maximum absolute atomic E-state index is 6.32. The summed E-state index contributed by atoms with van der Waals surface area (Å²) in [5.41, 5.74) is 1.24. The molecule has 0 spiro atoms. The van der Waals surface area contributed by atoms with Gasteiger partial charge in [-0.15, -0.1) is 0 Å². The first-order valence-electron chi connectivity index (χ1n) is 8.03. The Hall–Kier alpha value is -1.26. The Morgan fingerprint density at radius 1 is 1.14 bits per heavy atom. The highest BCUT2D eigenvalue weighted by molar-refractivity contribution is 5.48. The highest BCUT2D eigenvalue weighted by Gasteiger charge is 2.24. The highest BCUT2D eigenvalue weighted by atomic mass is 16.5. The van der Waals surface area contributed by atoms with Crippen LogP contribution in [0.4, 0.5) is 0 Å². The zero-order valence-corrected chi connectivity index (χ0v) is 12.8. The van der Waals surface area contributed by atoms with Crippen LogP contribution in [0.3, 0.4) is 0 Å². The van der Waals surface area contributed by atoms with Crippen LogP contribution in [0, 0.1) is 0 Å². The molecule has 4 heteroatoms. The first-order chi connectivity index (χ1) is 10.4. The van der Waals surface area contributed by atoms with Gasteiger partial charge in [0.15, 0.2) is 11.5 Å². The number of benzene rings is 1. The minimum atomic E-state index is 0.234. The lowest BCUT2D eigenvalue weighted by atomic mass is 9.96. The van der Waals surface area contributed by atoms with Crippen LogP contribution in [0.2, 0.25) is 0 Å². The van der Waals surface area contributed by atoms with Crippen LogP contribution >= 0.6 is 0 Å². The maximum Gasteiger partial charge on any atom is 0.166 e. The van der Waals surface area contributed by atoms with E-state index >= 15 is 0 Å². The Kier molecular flexibility index (Phi) is 4.99. The molecular weight excluding hydrogens is 266 g/mol. The number of hydrogen-bond donors (Lipinski definition) is 1. The summed E-state index contributed by atoms with van der Waals surface area (Å²) in [6.45, 7) is 2.66. The van der Waals surface area contributed by atoms with E-state index in [-0.39, 0.29) is 6.10 Å². The lowest BCUT2D eigenvalue weighted by Gasteiger charge is -2.29. The van der Waals surface area contributed by atoms with E-state index in [1.807, 2.05) is 6.07 Å². The van der Waals surface area contributed by atoms with Gasteiger partial charge in [-0.1, -0.05) is 18.6 Å². The van der Waals surface area contributed by atoms with E-state index in [0.717, 1.165) is 50.5 Å². The molecule has 0 aromatic heterocycles. The van der Waals surface area contributed by atoms with E-state index in [2.05, 4.69) is 17.4 Å². The lowest BCUT2D eigenvalue weighted by Crippen LogP contribution is -2.29. The molecule has 0 radical (unpaired) electrons. The third-order valence-corrected chi connectivity index (χ3v) is 4.37. The Balaban J connectivity index is 1.83. The first kappa shape index (κ1) is 14.7. The first-order valence-corrected chi connectivity index (χ1v) is 8.03. The zero-order chi connectivity index (χ0) is 14.5. The number of methoxy groups -OCH3 is 1. The van der Waals surface area contributed by atoms with Crippen molar-refractivity contribution in [3.63, 3.8) is 0 Å².